The molecule has 0 amide bonds. The number of hydrogen-bond acceptors (Lipinski definition) is 3. The molecular formula is C10H6ClF3N2S. The van der Waals surface area contributed by atoms with E-state index < -0.39 is 11.2 Å². The van der Waals surface area contributed by atoms with Crippen molar-refractivity contribution in [3.05, 3.63) is 34.4 Å². The molecule has 1 aromatic carbocycles. The number of nitrogen functional groups attached to an aromatic ring is 1. The van der Waals surface area contributed by atoms with E-state index >= 15 is 0 Å². The summed E-state index contributed by atoms with van der Waals surface area (Å²) in [5.74, 6) is 0. The van der Waals surface area contributed by atoms with Crippen LogP contribution in [0.2, 0.25) is 5.02 Å². The third-order valence-electron chi connectivity index (χ3n) is 2.03. The van der Waals surface area contributed by atoms with Gasteiger partial charge in [0.05, 0.1) is 15.6 Å². The quantitative estimate of drug-likeness (QED) is 0.799. The molecule has 2 N–H and O–H groups in total. The molecule has 1 heterocycles. The van der Waals surface area contributed by atoms with Gasteiger partial charge in [0.15, 0.2) is 5.01 Å². The van der Waals surface area contributed by atoms with Crippen molar-refractivity contribution in [2.45, 2.75) is 6.18 Å². The monoisotopic (exact) mass is 278 g/mol. The van der Waals surface area contributed by atoms with Crippen LogP contribution in [-0.2, 0) is 6.18 Å². The topological polar surface area (TPSA) is 38.9 Å². The summed E-state index contributed by atoms with van der Waals surface area (Å²) in [5, 5.41) is -0.565. The maximum absolute atomic E-state index is 12.4. The van der Waals surface area contributed by atoms with Crippen LogP contribution in [0.5, 0.6) is 0 Å². The number of benzene rings is 1. The summed E-state index contributed by atoms with van der Waals surface area (Å²) in [5.41, 5.74) is 6.47. The first-order valence-corrected chi connectivity index (χ1v) is 5.66. The van der Waals surface area contributed by atoms with E-state index in [0.717, 1.165) is 0 Å². The SMILES string of the molecule is Nc1ccc(-c2cnc(C(F)(F)F)s2)cc1Cl. The predicted molar refractivity (Wildman–Crippen MR) is 62.0 cm³/mol. The van der Waals surface area contributed by atoms with Gasteiger partial charge in [0.2, 0.25) is 0 Å². The van der Waals surface area contributed by atoms with E-state index in [9.17, 15) is 13.2 Å². The van der Waals surface area contributed by atoms with Gasteiger partial charge in [0.25, 0.3) is 0 Å². The number of thiazole rings is 1. The number of rotatable bonds is 1. The van der Waals surface area contributed by atoms with E-state index in [1.807, 2.05) is 0 Å². The molecule has 1 aromatic heterocycles. The predicted octanol–water partition coefficient (Wildman–Crippen LogP) is 4.06. The van der Waals surface area contributed by atoms with Crippen molar-refractivity contribution in [2.24, 2.45) is 0 Å². The zero-order valence-corrected chi connectivity index (χ0v) is 9.83. The van der Waals surface area contributed by atoms with Crippen molar-refractivity contribution < 1.29 is 13.2 Å². The average molecular weight is 279 g/mol. The fourth-order valence-electron chi connectivity index (χ4n) is 1.22. The van der Waals surface area contributed by atoms with E-state index in [4.69, 9.17) is 17.3 Å². The second kappa shape index (κ2) is 4.19. The molecule has 0 aliphatic carbocycles. The number of anilines is 1. The molecule has 0 spiro atoms. The van der Waals surface area contributed by atoms with Crippen LogP contribution in [-0.4, -0.2) is 4.98 Å². The number of aromatic nitrogens is 1. The number of halogens is 4. The lowest BCUT2D eigenvalue weighted by molar-refractivity contribution is -0.137. The Morgan fingerprint density at radius 2 is 2.00 bits per heavy atom. The Kier molecular flexibility index (Phi) is 3.01. The highest BCUT2D eigenvalue weighted by Gasteiger charge is 2.34. The van der Waals surface area contributed by atoms with Gasteiger partial charge in [-0.15, -0.1) is 11.3 Å². The molecule has 0 fully saturated rings. The molecule has 0 unspecified atom stereocenters. The standard InChI is InChI=1S/C10H6ClF3N2S/c11-6-3-5(1-2-7(6)15)8-4-16-9(17-8)10(12,13)14/h1-4H,15H2. The molecule has 90 valence electrons. The average Bonchev–Trinajstić information content (AvgIpc) is 2.70. The van der Waals surface area contributed by atoms with Crippen LogP contribution in [0.1, 0.15) is 5.01 Å². The molecule has 0 bridgehead atoms. The molecule has 7 heteroatoms. The first-order valence-electron chi connectivity index (χ1n) is 4.46. The van der Waals surface area contributed by atoms with E-state index in [1.54, 1.807) is 12.1 Å². The van der Waals surface area contributed by atoms with Crippen LogP contribution in [0, 0.1) is 0 Å². The second-order valence-electron chi connectivity index (χ2n) is 3.26. The Bertz CT molecular complexity index is 551. The summed E-state index contributed by atoms with van der Waals surface area (Å²) in [6.07, 6.45) is -3.24. The normalized spacial score (nSPS) is 11.8. The molecule has 0 atom stereocenters. The number of nitrogens with zero attached hydrogens (tertiary/aromatic N) is 1. The maximum Gasteiger partial charge on any atom is 0.443 e. The van der Waals surface area contributed by atoms with Crippen molar-refractivity contribution >= 4 is 28.6 Å². The summed E-state index contributed by atoms with van der Waals surface area (Å²) < 4.78 is 37.1. The van der Waals surface area contributed by atoms with Crippen LogP contribution in [0.15, 0.2) is 24.4 Å². The molecule has 0 saturated heterocycles. The Morgan fingerprint density at radius 1 is 1.29 bits per heavy atom. The zero-order valence-electron chi connectivity index (χ0n) is 8.25. The molecule has 0 aliphatic heterocycles. The van der Waals surface area contributed by atoms with Gasteiger partial charge in [0.1, 0.15) is 0 Å². The zero-order chi connectivity index (χ0) is 12.6. The third kappa shape index (κ3) is 2.53. The third-order valence-corrected chi connectivity index (χ3v) is 3.45. The fraction of sp³-hybridized carbons (Fsp3) is 0.100. The van der Waals surface area contributed by atoms with Gasteiger partial charge in [-0.3, -0.25) is 0 Å². The highest BCUT2D eigenvalue weighted by atomic mass is 35.5. The van der Waals surface area contributed by atoms with Crippen molar-refractivity contribution in [3.8, 4) is 10.4 Å². The lowest BCUT2D eigenvalue weighted by Crippen LogP contribution is -2.02. The van der Waals surface area contributed by atoms with Gasteiger partial charge in [0, 0.05) is 6.20 Å². The van der Waals surface area contributed by atoms with Crippen molar-refractivity contribution in [2.75, 3.05) is 5.73 Å². The van der Waals surface area contributed by atoms with Gasteiger partial charge in [-0.05, 0) is 17.7 Å². The van der Waals surface area contributed by atoms with Gasteiger partial charge in [-0.2, -0.15) is 13.2 Å². The maximum atomic E-state index is 12.4. The molecule has 2 rings (SSSR count). The van der Waals surface area contributed by atoms with Crippen LogP contribution < -0.4 is 5.73 Å². The highest BCUT2D eigenvalue weighted by Crippen LogP contribution is 2.37. The summed E-state index contributed by atoms with van der Waals surface area (Å²) in [4.78, 5) is 3.74. The summed E-state index contributed by atoms with van der Waals surface area (Å²) >= 11 is 6.37. The lowest BCUT2D eigenvalue weighted by atomic mass is 10.2. The molecule has 0 radical (unpaired) electrons. The highest BCUT2D eigenvalue weighted by molar-refractivity contribution is 7.15. The molecule has 17 heavy (non-hydrogen) atoms. The first-order chi connectivity index (χ1) is 7.88. The van der Waals surface area contributed by atoms with E-state index in [0.29, 0.717) is 32.5 Å². The van der Waals surface area contributed by atoms with E-state index in [2.05, 4.69) is 4.98 Å². The molecule has 0 aliphatic rings. The van der Waals surface area contributed by atoms with Gasteiger partial charge < -0.3 is 5.73 Å². The van der Waals surface area contributed by atoms with Crippen LogP contribution in [0.25, 0.3) is 10.4 Å². The van der Waals surface area contributed by atoms with Crippen molar-refractivity contribution in [1.29, 1.82) is 0 Å². The second-order valence-corrected chi connectivity index (χ2v) is 4.70. The summed E-state index contributed by atoms with van der Waals surface area (Å²) in [7, 11) is 0. The number of alkyl halides is 3. The van der Waals surface area contributed by atoms with Crippen LogP contribution in [0.4, 0.5) is 18.9 Å². The molecule has 2 nitrogen and oxygen atoms in total. The summed E-state index contributed by atoms with van der Waals surface area (Å²) in [6, 6.07) is 4.67. The van der Waals surface area contributed by atoms with Crippen molar-refractivity contribution in [1.82, 2.24) is 4.98 Å². The minimum Gasteiger partial charge on any atom is -0.398 e. The van der Waals surface area contributed by atoms with E-state index in [1.165, 1.54) is 12.3 Å². The molecular weight excluding hydrogens is 273 g/mol. The first kappa shape index (κ1) is 12.2. The van der Waals surface area contributed by atoms with E-state index in [-0.39, 0.29) is 0 Å². The minimum atomic E-state index is -4.42. The number of hydrogen-bond donors (Lipinski definition) is 1. The smallest absolute Gasteiger partial charge is 0.398 e. The Labute approximate surface area is 104 Å². The lowest BCUT2D eigenvalue weighted by Gasteiger charge is -2.01. The Hall–Kier alpha value is -1.27. The fourth-order valence-corrected chi connectivity index (χ4v) is 2.18. The molecule has 0 saturated carbocycles. The van der Waals surface area contributed by atoms with Gasteiger partial charge >= 0.3 is 6.18 Å². The van der Waals surface area contributed by atoms with Gasteiger partial charge in [-0.25, -0.2) is 4.98 Å². The largest absolute Gasteiger partial charge is 0.443 e. The Balaban J connectivity index is 2.40. The van der Waals surface area contributed by atoms with Crippen molar-refractivity contribution in [3.63, 3.8) is 0 Å². The molecule has 2 aromatic rings. The van der Waals surface area contributed by atoms with Crippen LogP contribution >= 0.6 is 22.9 Å². The minimum absolute atomic E-state index is 0.310. The van der Waals surface area contributed by atoms with Gasteiger partial charge in [-0.1, -0.05) is 17.7 Å². The van der Waals surface area contributed by atoms with Crippen LogP contribution in [0.3, 0.4) is 0 Å². The Morgan fingerprint density at radius 3 is 2.53 bits per heavy atom. The summed E-state index contributed by atoms with van der Waals surface area (Å²) in [6.45, 7) is 0. The number of nitrogens with two attached hydrogens (primary N) is 1.